The van der Waals surface area contributed by atoms with Crippen LogP contribution in [0.4, 0.5) is 0 Å². The van der Waals surface area contributed by atoms with Crippen molar-refractivity contribution >= 4 is 5.91 Å². The van der Waals surface area contributed by atoms with Gasteiger partial charge in [0.15, 0.2) is 0 Å². The minimum Gasteiger partial charge on any atom is -0.353 e. The zero-order chi connectivity index (χ0) is 12.4. The third-order valence-electron chi connectivity index (χ3n) is 4.73. The highest BCUT2D eigenvalue weighted by atomic mass is 16.2. The second-order valence-corrected chi connectivity index (χ2v) is 6.19. The maximum atomic E-state index is 12.3. The van der Waals surface area contributed by atoms with Gasteiger partial charge in [0.2, 0.25) is 5.91 Å². The maximum Gasteiger partial charge on any atom is 0.223 e. The van der Waals surface area contributed by atoms with E-state index in [0.29, 0.717) is 17.9 Å². The summed E-state index contributed by atoms with van der Waals surface area (Å²) in [5.41, 5.74) is 6.10. The lowest BCUT2D eigenvalue weighted by molar-refractivity contribution is -0.128. The van der Waals surface area contributed by atoms with Crippen LogP contribution in [0.1, 0.15) is 52.4 Å². The molecule has 2 saturated carbocycles. The molecule has 0 heterocycles. The molecule has 2 aliphatic rings. The molecule has 0 aromatic rings. The summed E-state index contributed by atoms with van der Waals surface area (Å²) in [7, 11) is 0. The van der Waals surface area contributed by atoms with E-state index in [2.05, 4.69) is 19.2 Å². The molecule has 0 aliphatic heterocycles. The Bertz CT molecular complexity index is 273. The molecule has 98 valence electrons. The zero-order valence-electron chi connectivity index (χ0n) is 11.1. The van der Waals surface area contributed by atoms with E-state index in [-0.39, 0.29) is 17.9 Å². The predicted octanol–water partition coefficient (Wildman–Crippen LogP) is 2.05. The summed E-state index contributed by atoms with van der Waals surface area (Å²) in [4.78, 5) is 12.3. The highest BCUT2D eigenvalue weighted by Gasteiger charge is 2.35. The van der Waals surface area contributed by atoms with E-state index in [1.165, 1.54) is 12.8 Å². The van der Waals surface area contributed by atoms with Crippen molar-refractivity contribution in [2.24, 2.45) is 23.5 Å². The molecule has 3 N–H and O–H groups in total. The van der Waals surface area contributed by atoms with E-state index in [9.17, 15) is 4.79 Å². The summed E-state index contributed by atoms with van der Waals surface area (Å²) < 4.78 is 0. The molecule has 2 aliphatic carbocycles. The summed E-state index contributed by atoms with van der Waals surface area (Å²) >= 11 is 0. The van der Waals surface area contributed by atoms with Gasteiger partial charge in [-0.25, -0.2) is 0 Å². The van der Waals surface area contributed by atoms with Gasteiger partial charge < -0.3 is 11.1 Å². The van der Waals surface area contributed by atoms with E-state index in [1.54, 1.807) is 0 Å². The topological polar surface area (TPSA) is 55.1 Å². The number of hydrogen-bond acceptors (Lipinski definition) is 2. The summed E-state index contributed by atoms with van der Waals surface area (Å²) in [5, 5.41) is 3.22. The standard InChI is InChI=1S/C14H26N2O/c1-9-7-10(2)13(15)8-12(9)14(17)16-11-5-3-4-6-11/h9-13H,3-8,15H2,1-2H3,(H,16,17). The van der Waals surface area contributed by atoms with Gasteiger partial charge in [-0.2, -0.15) is 0 Å². The van der Waals surface area contributed by atoms with Crippen molar-refractivity contribution < 1.29 is 4.79 Å². The lowest BCUT2D eigenvalue weighted by Crippen LogP contribution is -2.47. The Kier molecular flexibility index (Phi) is 4.08. The molecule has 3 nitrogen and oxygen atoms in total. The SMILES string of the molecule is CC1CC(C)C(C(=O)NC2CCCC2)CC1N. The van der Waals surface area contributed by atoms with Crippen LogP contribution in [-0.4, -0.2) is 18.0 Å². The fraction of sp³-hybridized carbons (Fsp3) is 0.929. The molecule has 17 heavy (non-hydrogen) atoms. The lowest BCUT2D eigenvalue weighted by Gasteiger charge is -2.36. The molecule has 4 unspecified atom stereocenters. The van der Waals surface area contributed by atoms with Crippen molar-refractivity contribution in [2.75, 3.05) is 0 Å². The smallest absolute Gasteiger partial charge is 0.223 e. The fourth-order valence-corrected chi connectivity index (χ4v) is 3.43. The second kappa shape index (κ2) is 5.38. The van der Waals surface area contributed by atoms with Crippen LogP contribution >= 0.6 is 0 Å². The Labute approximate surface area is 105 Å². The van der Waals surface area contributed by atoms with Gasteiger partial charge in [0.1, 0.15) is 0 Å². The first-order chi connectivity index (χ1) is 8.08. The van der Waals surface area contributed by atoms with Crippen LogP contribution in [0.5, 0.6) is 0 Å². The molecule has 2 rings (SSSR count). The molecule has 0 aromatic carbocycles. The number of carbonyl (C=O) groups excluding carboxylic acids is 1. The molecule has 0 aromatic heterocycles. The van der Waals surface area contributed by atoms with Crippen molar-refractivity contribution in [1.29, 1.82) is 0 Å². The van der Waals surface area contributed by atoms with E-state index in [4.69, 9.17) is 5.73 Å². The Morgan fingerprint density at radius 2 is 1.76 bits per heavy atom. The average molecular weight is 238 g/mol. The van der Waals surface area contributed by atoms with E-state index < -0.39 is 0 Å². The summed E-state index contributed by atoms with van der Waals surface area (Å²) in [6.07, 6.45) is 6.80. The predicted molar refractivity (Wildman–Crippen MR) is 69.4 cm³/mol. The van der Waals surface area contributed by atoms with E-state index >= 15 is 0 Å². The molecule has 3 heteroatoms. The summed E-state index contributed by atoms with van der Waals surface area (Å²) in [5.74, 6) is 1.43. The summed E-state index contributed by atoms with van der Waals surface area (Å²) in [6.45, 7) is 4.40. The van der Waals surface area contributed by atoms with Crippen LogP contribution in [0.25, 0.3) is 0 Å². The van der Waals surface area contributed by atoms with Gasteiger partial charge in [-0.3, -0.25) is 4.79 Å². The lowest BCUT2D eigenvalue weighted by atomic mass is 9.72. The number of amides is 1. The summed E-state index contributed by atoms with van der Waals surface area (Å²) in [6, 6.07) is 0.635. The first-order valence-corrected chi connectivity index (χ1v) is 7.14. The zero-order valence-corrected chi connectivity index (χ0v) is 11.1. The molecule has 4 atom stereocenters. The third kappa shape index (κ3) is 3.01. The Hall–Kier alpha value is -0.570. The van der Waals surface area contributed by atoms with Crippen LogP contribution < -0.4 is 11.1 Å². The molecule has 0 radical (unpaired) electrons. The van der Waals surface area contributed by atoms with E-state index in [0.717, 1.165) is 25.7 Å². The van der Waals surface area contributed by atoms with Gasteiger partial charge >= 0.3 is 0 Å². The molecule has 0 spiro atoms. The van der Waals surface area contributed by atoms with Crippen molar-refractivity contribution in [3.63, 3.8) is 0 Å². The van der Waals surface area contributed by atoms with Gasteiger partial charge in [0.25, 0.3) is 0 Å². The normalized spacial score (nSPS) is 39.2. The van der Waals surface area contributed by atoms with Crippen LogP contribution in [0.3, 0.4) is 0 Å². The monoisotopic (exact) mass is 238 g/mol. The largest absolute Gasteiger partial charge is 0.353 e. The van der Waals surface area contributed by atoms with Crippen molar-refractivity contribution in [3.8, 4) is 0 Å². The molecular formula is C14H26N2O. The Balaban J connectivity index is 1.89. The Morgan fingerprint density at radius 1 is 1.12 bits per heavy atom. The number of hydrogen-bond donors (Lipinski definition) is 2. The third-order valence-corrected chi connectivity index (χ3v) is 4.73. The van der Waals surface area contributed by atoms with Crippen LogP contribution in [0.2, 0.25) is 0 Å². The first-order valence-electron chi connectivity index (χ1n) is 7.14. The molecule has 2 fully saturated rings. The van der Waals surface area contributed by atoms with Gasteiger partial charge in [0.05, 0.1) is 0 Å². The molecular weight excluding hydrogens is 212 g/mol. The highest BCUT2D eigenvalue weighted by Crippen LogP contribution is 2.33. The number of nitrogens with one attached hydrogen (secondary N) is 1. The Morgan fingerprint density at radius 3 is 2.41 bits per heavy atom. The van der Waals surface area contributed by atoms with E-state index in [1.807, 2.05) is 0 Å². The van der Waals surface area contributed by atoms with Crippen LogP contribution in [0.15, 0.2) is 0 Å². The first kappa shape index (κ1) is 12.9. The van der Waals surface area contributed by atoms with Crippen LogP contribution in [0, 0.1) is 17.8 Å². The van der Waals surface area contributed by atoms with Crippen molar-refractivity contribution in [3.05, 3.63) is 0 Å². The average Bonchev–Trinajstić information content (AvgIpc) is 2.76. The fourth-order valence-electron chi connectivity index (χ4n) is 3.43. The number of rotatable bonds is 2. The minimum absolute atomic E-state index is 0.141. The maximum absolute atomic E-state index is 12.3. The number of carbonyl (C=O) groups is 1. The molecule has 0 saturated heterocycles. The quantitative estimate of drug-likeness (QED) is 0.773. The van der Waals surface area contributed by atoms with Gasteiger partial charge in [-0.1, -0.05) is 26.7 Å². The highest BCUT2D eigenvalue weighted by molar-refractivity contribution is 5.79. The molecule has 0 bridgehead atoms. The van der Waals surface area contributed by atoms with Crippen molar-refractivity contribution in [1.82, 2.24) is 5.32 Å². The van der Waals surface area contributed by atoms with Crippen molar-refractivity contribution in [2.45, 2.75) is 64.5 Å². The van der Waals surface area contributed by atoms with Gasteiger partial charge in [-0.05, 0) is 37.5 Å². The minimum atomic E-state index is 0.141. The number of nitrogens with two attached hydrogens (primary N) is 1. The van der Waals surface area contributed by atoms with Gasteiger partial charge in [-0.15, -0.1) is 0 Å². The van der Waals surface area contributed by atoms with Gasteiger partial charge in [0, 0.05) is 18.0 Å². The van der Waals surface area contributed by atoms with Crippen LogP contribution in [-0.2, 0) is 4.79 Å². The molecule has 1 amide bonds. The second-order valence-electron chi connectivity index (χ2n) is 6.19.